The van der Waals surface area contributed by atoms with Gasteiger partial charge >= 0.3 is 0 Å². The fourth-order valence-corrected chi connectivity index (χ4v) is 3.31. The van der Waals surface area contributed by atoms with Crippen molar-refractivity contribution < 1.29 is 9.53 Å². The van der Waals surface area contributed by atoms with Crippen molar-refractivity contribution in [2.24, 2.45) is 5.10 Å². The van der Waals surface area contributed by atoms with Crippen molar-refractivity contribution in [1.29, 1.82) is 0 Å². The Morgan fingerprint density at radius 2 is 1.93 bits per heavy atom. The molecule has 0 saturated heterocycles. The number of ether oxygens (including phenoxy) is 1. The van der Waals surface area contributed by atoms with Crippen molar-refractivity contribution in [1.82, 2.24) is 19.8 Å². The number of aromatic nitrogens is 3. The summed E-state index contributed by atoms with van der Waals surface area (Å²) in [6.45, 7) is 12.2. The fraction of sp³-hybridized carbons (Fsp3) is 0.348. The van der Waals surface area contributed by atoms with Gasteiger partial charge in [-0.15, -0.1) is 0 Å². The maximum Gasteiger partial charge on any atom is 0.277 e. The Morgan fingerprint density at radius 1 is 1.17 bits per heavy atom. The van der Waals surface area contributed by atoms with E-state index in [2.05, 4.69) is 34.0 Å². The van der Waals surface area contributed by atoms with Gasteiger partial charge in [-0.25, -0.2) is 10.1 Å². The van der Waals surface area contributed by atoms with Crippen LogP contribution in [0.3, 0.4) is 0 Å². The minimum absolute atomic E-state index is 0.0908. The number of amides is 1. The quantitative estimate of drug-likeness (QED) is 0.475. The van der Waals surface area contributed by atoms with Crippen molar-refractivity contribution in [2.75, 3.05) is 6.61 Å². The third-order valence-electron chi connectivity index (χ3n) is 5.08. The number of carbonyl (C=O) groups is 1. The number of rotatable bonds is 7. The maximum atomic E-state index is 12.1. The van der Waals surface area contributed by atoms with Gasteiger partial charge in [-0.3, -0.25) is 4.79 Å². The zero-order valence-corrected chi connectivity index (χ0v) is 18.4. The molecular weight excluding hydrogens is 378 g/mol. The Balaban J connectivity index is 1.64. The number of hydrogen-bond donors (Lipinski definition) is 1. The van der Waals surface area contributed by atoms with Gasteiger partial charge in [0.15, 0.2) is 6.61 Å². The third kappa shape index (κ3) is 4.62. The highest BCUT2D eigenvalue weighted by Crippen LogP contribution is 2.21. The second-order valence-corrected chi connectivity index (χ2v) is 7.72. The van der Waals surface area contributed by atoms with Crippen LogP contribution in [0.2, 0.25) is 0 Å². The highest BCUT2D eigenvalue weighted by molar-refractivity contribution is 5.84. The molecule has 158 valence electrons. The van der Waals surface area contributed by atoms with E-state index in [4.69, 9.17) is 4.74 Å². The standard InChI is InChI=1S/C23H29N5O2/c1-15(2)28-23(9-10-25-28)27-18(5)12-20(19(27)6)13-24-26-22(29)14-30-21-8-7-16(3)17(4)11-21/h7-13,15H,14H2,1-6H3,(H,26,29)/b24-13-. The first-order valence-corrected chi connectivity index (χ1v) is 10.0. The molecule has 0 aliphatic carbocycles. The zero-order valence-electron chi connectivity index (χ0n) is 18.4. The van der Waals surface area contributed by atoms with Crippen molar-refractivity contribution in [3.05, 3.63) is 64.6 Å². The van der Waals surface area contributed by atoms with Crippen LogP contribution in [0.15, 0.2) is 41.6 Å². The number of carbonyl (C=O) groups excluding carboxylic acids is 1. The molecule has 7 heteroatoms. The Kier molecular flexibility index (Phi) is 6.40. The topological polar surface area (TPSA) is 73.4 Å². The Bertz CT molecular complexity index is 1080. The monoisotopic (exact) mass is 407 g/mol. The number of hydrogen-bond acceptors (Lipinski definition) is 4. The summed E-state index contributed by atoms with van der Waals surface area (Å²) in [4.78, 5) is 12.1. The molecule has 0 bridgehead atoms. The van der Waals surface area contributed by atoms with E-state index in [0.717, 1.165) is 28.3 Å². The molecule has 0 spiro atoms. The molecule has 0 aliphatic rings. The van der Waals surface area contributed by atoms with Crippen LogP contribution in [-0.4, -0.2) is 33.1 Å². The molecular formula is C23H29N5O2. The summed E-state index contributed by atoms with van der Waals surface area (Å²) in [6, 6.07) is 10.0. The van der Waals surface area contributed by atoms with E-state index in [1.165, 1.54) is 5.56 Å². The first-order chi connectivity index (χ1) is 14.3. The van der Waals surface area contributed by atoms with Crippen LogP contribution in [-0.2, 0) is 4.79 Å². The van der Waals surface area contributed by atoms with Crippen LogP contribution in [0, 0.1) is 27.7 Å². The van der Waals surface area contributed by atoms with Crippen LogP contribution in [0.5, 0.6) is 5.75 Å². The number of hydrazone groups is 1. The van der Waals surface area contributed by atoms with E-state index < -0.39 is 0 Å². The Labute approximate surface area is 177 Å². The largest absolute Gasteiger partial charge is 0.484 e. The normalized spacial score (nSPS) is 11.4. The first kappa shape index (κ1) is 21.4. The molecule has 1 N–H and O–H groups in total. The van der Waals surface area contributed by atoms with E-state index in [1.807, 2.05) is 62.7 Å². The summed E-state index contributed by atoms with van der Waals surface area (Å²) in [5, 5.41) is 8.52. The maximum absolute atomic E-state index is 12.1. The average molecular weight is 408 g/mol. The molecule has 0 unspecified atom stereocenters. The molecule has 0 aliphatic heterocycles. The number of nitrogens with zero attached hydrogens (tertiary/aromatic N) is 4. The van der Waals surface area contributed by atoms with E-state index in [9.17, 15) is 4.79 Å². The van der Waals surface area contributed by atoms with Crippen LogP contribution < -0.4 is 10.2 Å². The van der Waals surface area contributed by atoms with Crippen LogP contribution in [0.1, 0.15) is 48.0 Å². The lowest BCUT2D eigenvalue weighted by molar-refractivity contribution is -0.123. The predicted octanol–water partition coefficient (Wildman–Crippen LogP) is 4.02. The predicted molar refractivity (Wildman–Crippen MR) is 119 cm³/mol. The molecule has 7 nitrogen and oxygen atoms in total. The van der Waals surface area contributed by atoms with Crippen LogP contribution in [0.4, 0.5) is 0 Å². The summed E-state index contributed by atoms with van der Waals surface area (Å²) < 4.78 is 9.66. The molecule has 0 fully saturated rings. The van der Waals surface area contributed by atoms with Gasteiger partial charge in [0, 0.05) is 29.1 Å². The SMILES string of the molecule is Cc1ccc(OCC(=O)N/N=C\c2cc(C)n(-c3ccnn3C(C)C)c2C)cc1C. The summed E-state index contributed by atoms with van der Waals surface area (Å²) in [7, 11) is 0. The van der Waals surface area contributed by atoms with Gasteiger partial charge in [0.05, 0.1) is 12.4 Å². The number of benzene rings is 1. The van der Waals surface area contributed by atoms with Crippen molar-refractivity contribution in [3.63, 3.8) is 0 Å². The third-order valence-corrected chi connectivity index (χ3v) is 5.08. The fourth-order valence-electron chi connectivity index (χ4n) is 3.31. The lowest BCUT2D eigenvalue weighted by Gasteiger charge is -2.14. The summed E-state index contributed by atoms with van der Waals surface area (Å²) in [5.74, 6) is 1.36. The molecule has 2 heterocycles. The van der Waals surface area contributed by atoms with Gasteiger partial charge < -0.3 is 9.30 Å². The van der Waals surface area contributed by atoms with E-state index in [1.54, 1.807) is 12.4 Å². The summed E-state index contributed by atoms with van der Waals surface area (Å²) in [6.07, 6.45) is 3.46. The molecule has 1 amide bonds. The van der Waals surface area contributed by atoms with E-state index in [0.29, 0.717) is 5.75 Å². The molecule has 0 radical (unpaired) electrons. The smallest absolute Gasteiger partial charge is 0.277 e. The molecule has 0 saturated carbocycles. The highest BCUT2D eigenvalue weighted by atomic mass is 16.5. The molecule has 2 aromatic heterocycles. The highest BCUT2D eigenvalue weighted by Gasteiger charge is 2.14. The molecule has 30 heavy (non-hydrogen) atoms. The van der Waals surface area contributed by atoms with Crippen molar-refractivity contribution >= 4 is 12.1 Å². The van der Waals surface area contributed by atoms with E-state index in [-0.39, 0.29) is 18.6 Å². The van der Waals surface area contributed by atoms with Gasteiger partial charge in [0.2, 0.25) is 0 Å². The number of aryl methyl sites for hydroxylation is 3. The minimum Gasteiger partial charge on any atom is -0.484 e. The van der Waals surface area contributed by atoms with Crippen LogP contribution >= 0.6 is 0 Å². The second-order valence-electron chi connectivity index (χ2n) is 7.72. The first-order valence-electron chi connectivity index (χ1n) is 10.0. The van der Waals surface area contributed by atoms with Gasteiger partial charge in [0.25, 0.3) is 5.91 Å². The van der Waals surface area contributed by atoms with Crippen LogP contribution in [0.25, 0.3) is 5.82 Å². The molecule has 1 aromatic carbocycles. The summed E-state index contributed by atoms with van der Waals surface area (Å²) in [5.41, 5.74) is 7.86. The van der Waals surface area contributed by atoms with Gasteiger partial charge in [0.1, 0.15) is 11.6 Å². The van der Waals surface area contributed by atoms with Crippen molar-refractivity contribution in [2.45, 2.75) is 47.6 Å². The Hall–Kier alpha value is -3.35. The second kappa shape index (κ2) is 8.98. The minimum atomic E-state index is -0.309. The number of nitrogens with one attached hydrogen (secondary N) is 1. The molecule has 3 aromatic rings. The van der Waals surface area contributed by atoms with E-state index >= 15 is 0 Å². The van der Waals surface area contributed by atoms with Crippen molar-refractivity contribution in [3.8, 4) is 11.6 Å². The van der Waals surface area contributed by atoms with Gasteiger partial charge in [-0.2, -0.15) is 10.2 Å². The van der Waals surface area contributed by atoms with Gasteiger partial charge in [-0.1, -0.05) is 6.07 Å². The zero-order chi connectivity index (χ0) is 21.8. The summed E-state index contributed by atoms with van der Waals surface area (Å²) >= 11 is 0. The molecule has 0 atom stereocenters. The lowest BCUT2D eigenvalue weighted by atomic mass is 10.1. The molecule has 3 rings (SSSR count). The van der Waals surface area contributed by atoms with Gasteiger partial charge in [-0.05, 0) is 70.9 Å². The lowest BCUT2D eigenvalue weighted by Crippen LogP contribution is -2.24. The average Bonchev–Trinajstić information content (AvgIpc) is 3.27. The Morgan fingerprint density at radius 3 is 2.63 bits per heavy atom.